The molecule has 31 heavy (non-hydrogen) atoms. The number of hydrogen-bond donors (Lipinski definition) is 2. The van der Waals surface area contributed by atoms with Gasteiger partial charge in [-0.3, -0.25) is 9.89 Å². The molecule has 3 rings (SSSR count). The Bertz CT molecular complexity index is 735. The summed E-state index contributed by atoms with van der Waals surface area (Å²) < 4.78 is 43.2. The topological polar surface area (TPSA) is 60.3 Å². The molecule has 0 bridgehead atoms. The minimum atomic E-state index is -4.38. The predicted octanol–water partition coefficient (Wildman–Crippen LogP) is 2.97. The highest BCUT2D eigenvalue weighted by Gasteiger charge is 2.30. The molecule has 0 aliphatic carbocycles. The monoisotopic (exact) mass is 554 g/mol. The van der Waals surface area contributed by atoms with E-state index in [0.29, 0.717) is 6.04 Å². The van der Waals surface area contributed by atoms with Gasteiger partial charge in [0.25, 0.3) is 0 Å². The highest BCUT2D eigenvalue weighted by Crippen LogP contribution is 2.30. The fourth-order valence-corrected chi connectivity index (χ4v) is 3.63. The van der Waals surface area contributed by atoms with Crippen LogP contribution in [0.2, 0.25) is 0 Å². The second-order valence-corrected chi connectivity index (χ2v) is 7.50. The molecule has 1 aromatic rings. The Balaban J connectivity index is 0.00000341. The fraction of sp³-hybridized carbons (Fsp3) is 0.571. The molecule has 0 spiro atoms. The Kier molecular flexibility index (Phi) is 9.89. The maximum Gasteiger partial charge on any atom is 0.416 e. The second-order valence-electron chi connectivity index (χ2n) is 7.50. The zero-order chi connectivity index (χ0) is 21.6. The van der Waals surface area contributed by atoms with Gasteiger partial charge in [-0.05, 0) is 37.6 Å². The summed E-state index contributed by atoms with van der Waals surface area (Å²) in [5, 5.41) is 13.5. The normalized spacial score (nSPS) is 20.6. The number of hydrogen-bond acceptors (Lipinski definition) is 4. The van der Waals surface area contributed by atoms with Crippen LogP contribution in [0.15, 0.2) is 41.4 Å². The number of rotatable bonds is 7. The first-order valence-electron chi connectivity index (χ1n) is 10.3. The summed E-state index contributed by atoms with van der Waals surface area (Å²) in [5.41, 5.74) is -0.732. The van der Waals surface area contributed by atoms with Crippen molar-refractivity contribution in [2.45, 2.75) is 31.7 Å². The Hall–Kier alpha value is -1.53. The van der Waals surface area contributed by atoms with Crippen LogP contribution >= 0.6 is 24.0 Å². The molecule has 1 fully saturated rings. The van der Waals surface area contributed by atoms with E-state index in [2.05, 4.69) is 32.3 Å². The van der Waals surface area contributed by atoms with Crippen molar-refractivity contribution in [3.63, 3.8) is 0 Å². The minimum Gasteiger partial charge on any atom is -0.491 e. The Morgan fingerprint density at radius 1 is 1.26 bits per heavy atom. The number of aliphatic imine (C=N–C) groups is 1. The van der Waals surface area contributed by atoms with Crippen LogP contribution in [0.1, 0.15) is 18.9 Å². The third kappa shape index (κ3) is 7.53. The van der Waals surface area contributed by atoms with Crippen molar-refractivity contribution in [3.8, 4) is 5.75 Å². The summed E-state index contributed by atoms with van der Waals surface area (Å²) >= 11 is 0. The summed E-state index contributed by atoms with van der Waals surface area (Å²) in [6.45, 7) is 6.61. The van der Waals surface area contributed by atoms with Gasteiger partial charge in [0.1, 0.15) is 18.5 Å². The van der Waals surface area contributed by atoms with Gasteiger partial charge in [-0.2, -0.15) is 13.2 Å². The molecule has 0 aromatic heterocycles. The van der Waals surface area contributed by atoms with Gasteiger partial charge in [0, 0.05) is 38.8 Å². The molecule has 1 aromatic carbocycles. The van der Waals surface area contributed by atoms with E-state index in [0.717, 1.165) is 57.2 Å². The summed E-state index contributed by atoms with van der Waals surface area (Å²) in [6, 6.07) is 4.92. The third-order valence-corrected chi connectivity index (χ3v) is 5.24. The quantitative estimate of drug-likeness (QED) is 0.235. The van der Waals surface area contributed by atoms with Gasteiger partial charge < -0.3 is 20.1 Å². The number of guanidine groups is 1. The lowest BCUT2D eigenvalue weighted by Gasteiger charge is -2.25. The van der Waals surface area contributed by atoms with Crippen LogP contribution in [0.3, 0.4) is 0 Å². The zero-order valence-corrected chi connectivity index (χ0v) is 19.8. The predicted molar refractivity (Wildman–Crippen MR) is 125 cm³/mol. The van der Waals surface area contributed by atoms with E-state index in [9.17, 15) is 18.3 Å². The Labute approximate surface area is 198 Å². The number of aliphatic hydroxyl groups excluding tert-OH is 1. The van der Waals surface area contributed by atoms with E-state index in [4.69, 9.17) is 4.74 Å². The molecule has 2 unspecified atom stereocenters. The second kappa shape index (κ2) is 11.9. The van der Waals surface area contributed by atoms with E-state index in [1.165, 1.54) is 12.1 Å². The lowest BCUT2D eigenvalue weighted by molar-refractivity contribution is -0.137. The number of aliphatic hydroxyl groups is 1. The van der Waals surface area contributed by atoms with Gasteiger partial charge in [0.2, 0.25) is 0 Å². The first-order valence-corrected chi connectivity index (χ1v) is 10.3. The van der Waals surface area contributed by atoms with Gasteiger partial charge in [-0.25, -0.2) is 0 Å². The molecule has 0 saturated carbocycles. The van der Waals surface area contributed by atoms with Gasteiger partial charge >= 0.3 is 6.18 Å². The SMILES string of the molecule is CCNC(=NCC(O)COc1ccc(C(F)(F)F)cc1)N1CCC(N2CC=CC2)C1.I. The molecule has 2 N–H and O–H groups in total. The van der Waals surface area contributed by atoms with Crippen molar-refractivity contribution in [1.29, 1.82) is 0 Å². The minimum absolute atomic E-state index is 0. The maximum atomic E-state index is 12.6. The molecule has 0 amide bonds. The van der Waals surface area contributed by atoms with E-state index in [-0.39, 0.29) is 42.9 Å². The first-order chi connectivity index (χ1) is 14.4. The first kappa shape index (κ1) is 25.7. The molecular formula is C21H30F3IN4O2. The van der Waals surface area contributed by atoms with Crippen molar-refractivity contribution in [2.75, 3.05) is 45.9 Å². The van der Waals surface area contributed by atoms with Crippen molar-refractivity contribution in [2.24, 2.45) is 4.99 Å². The van der Waals surface area contributed by atoms with Crippen molar-refractivity contribution in [3.05, 3.63) is 42.0 Å². The molecule has 2 atom stereocenters. The van der Waals surface area contributed by atoms with Crippen LogP contribution < -0.4 is 10.1 Å². The zero-order valence-electron chi connectivity index (χ0n) is 17.5. The number of halogens is 4. The summed E-state index contributed by atoms with van der Waals surface area (Å²) in [7, 11) is 0. The standard InChI is InChI=1S/C21H29F3N4O2.HI/c1-2-25-20(28-12-9-17(14-28)27-10-3-4-11-27)26-13-18(29)15-30-19-7-5-16(6-8-19)21(22,23)24;/h3-8,17-18,29H,2,9-15H2,1H3,(H,25,26);1H. The van der Waals surface area contributed by atoms with Gasteiger partial charge in [0.15, 0.2) is 5.96 Å². The van der Waals surface area contributed by atoms with Gasteiger partial charge in [-0.15, -0.1) is 24.0 Å². The highest BCUT2D eigenvalue weighted by atomic mass is 127. The van der Waals surface area contributed by atoms with Crippen LogP contribution in [0.5, 0.6) is 5.75 Å². The fourth-order valence-electron chi connectivity index (χ4n) is 3.63. The van der Waals surface area contributed by atoms with Crippen LogP contribution in [0, 0.1) is 0 Å². The van der Waals surface area contributed by atoms with E-state index in [1.54, 1.807) is 0 Å². The van der Waals surface area contributed by atoms with Crippen LogP contribution in [-0.4, -0.2) is 78.9 Å². The van der Waals surface area contributed by atoms with E-state index < -0.39 is 17.8 Å². The lowest BCUT2D eigenvalue weighted by Crippen LogP contribution is -2.43. The van der Waals surface area contributed by atoms with Crippen LogP contribution in [0.25, 0.3) is 0 Å². The highest BCUT2D eigenvalue weighted by molar-refractivity contribution is 14.0. The molecule has 174 valence electrons. The largest absolute Gasteiger partial charge is 0.491 e. The summed E-state index contributed by atoms with van der Waals surface area (Å²) in [4.78, 5) is 9.18. The van der Waals surface area contributed by atoms with E-state index in [1.807, 2.05) is 6.92 Å². The van der Waals surface area contributed by atoms with E-state index >= 15 is 0 Å². The average molecular weight is 554 g/mol. The van der Waals surface area contributed by atoms with Gasteiger partial charge in [0.05, 0.1) is 12.1 Å². The number of benzene rings is 1. The number of nitrogens with zero attached hydrogens (tertiary/aromatic N) is 3. The van der Waals surface area contributed by atoms with Crippen LogP contribution in [-0.2, 0) is 6.18 Å². The number of ether oxygens (including phenoxy) is 1. The third-order valence-electron chi connectivity index (χ3n) is 5.24. The number of nitrogens with one attached hydrogen (secondary N) is 1. The van der Waals surface area contributed by atoms with Crippen molar-refractivity contribution in [1.82, 2.24) is 15.1 Å². The molecule has 0 radical (unpaired) electrons. The number of alkyl halides is 3. The molecule has 2 aliphatic rings. The summed E-state index contributed by atoms with van der Waals surface area (Å²) in [6.07, 6.45) is 0.215. The molecular weight excluding hydrogens is 524 g/mol. The Morgan fingerprint density at radius 2 is 1.94 bits per heavy atom. The van der Waals surface area contributed by atoms with Crippen LogP contribution in [0.4, 0.5) is 13.2 Å². The molecule has 2 aliphatic heterocycles. The lowest BCUT2D eigenvalue weighted by atomic mass is 10.2. The van der Waals surface area contributed by atoms with Crippen molar-refractivity contribution < 1.29 is 23.0 Å². The average Bonchev–Trinajstić information content (AvgIpc) is 3.41. The molecule has 6 nitrogen and oxygen atoms in total. The number of likely N-dealkylation sites (tertiary alicyclic amines) is 1. The van der Waals surface area contributed by atoms with Gasteiger partial charge in [-0.1, -0.05) is 12.2 Å². The smallest absolute Gasteiger partial charge is 0.416 e. The van der Waals surface area contributed by atoms with Crippen molar-refractivity contribution >= 4 is 29.9 Å². The molecule has 2 heterocycles. The Morgan fingerprint density at radius 3 is 2.55 bits per heavy atom. The molecule has 10 heteroatoms. The molecule has 1 saturated heterocycles. The maximum absolute atomic E-state index is 12.6. The summed E-state index contributed by atoms with van der Waals surface area (Å²) in [5.74, 6) is 1.04.